The van der Waals surface area contributed by atoms with E-state index < -0.39 is 0 Å². The van der Waals surface area contributed by atoms with Crippen molar-refractivity contribution in [3.63, 3.8) is 0 Å². The zero-order valence-corrected chi connectivity index (χ0v) is 10.8. The van der Waals surface area contributed by atoms with Crippen LogP contribution < -0.4 is 5.32 Å². The summed E-state index contributed by atoms with van der Waals surface area (Å²) in [5, 5.41) is 3.41. The van der Waals surface area contributed by atoms with Crippen molar-refractivity contribution < 1.29 is 4.74 Å². The van der Waals surface area contributed by atoms with Gasteiger partial charge >= 0.3 is 0 Å². The fraction of sp³-hybridized carbons (Fsp3) is 1.00. The topological polar surface area (TPSA) is 21.3 Å². The van der Waals surface area contributed by atoms with Crippen molar-refractivity contribution in [3.05, 3.63) is 0 Å². The van der Waals surface area contributed by atoms with E-state index in [1.54, 1.807) is 0 Å². The normalized spacial score (nSPS) is 13.5. The summed E-state index contributed by atoms with van der Waals surface area (Å²) in [5.74, 6) is 2.64. The summed E-state index contributed by atoms with van der Waals surface area (Å²) < 4.78 is 5.47. The molecule has 1 unspecified atom stereocenters. The van der Waals surface area contributed by atoms with Gasteiger partial charge in [0.2, 0.25) is 0 Å². The Balaban J connectivity index is 3.05. The van der Waals surface area contributed by atoms with Gasteiger partial charge in [0.15, 0.2) is 0 Å². The van der Waals surface area contributed by atoms with Crippen LogP contribution in [0.4, 0.5) is 0 Å². The first-order valence-electron chi connectivity index (χ1n) is 5.44. The molecule has 0 heterocycles. The van der Waals surface area contributed by atoms with Gasteiger partial charge in [0.25, 0.3) is 0 Å². The van der Waals surface area contributed by atoms with Crippen LogP contribution in [0.15, 0.2) is 0 Å². The summed E-state index contributed by atoms with van der Waals surface area (Å²) in [4.78, 5) is 0. The van der Waals surface area contributed by atoms with Crippen LogP contribution in [0.5, 0.6) is 0 Å². The average Bonchev–Trinajstić information content (AvgIpc) is 2.11. The van der Waals surface area contributed by atoms with Crippen molar-refractivity contribution in [3.8, 4) is 0 Å². The Morgan fingerprint density at radius 3 is 2.57 bits per heavy atom. The lowest BCUT2D eigenvalue weighted by atomic mass is 10.2. The molecule has 0 saturated heterocycles. The van der Waals surface area contributed by atoms with Gasteiger partial charge < -0.3 is 10.1 Å². The number of thioether (sulfide) groups is 1. The minimum atomic E-state index is 0.644. The predicted molar refractivity (Wildman–Crippen MR) is 66.1 cm³/mol. The second-order valence-electron chi connectivity index (χ2n) is 4.23. The van der Waals surface area contributed by atoms with Gasteiger partial charge in [-0.15, -0.1) is 0 Å². The molecule has 1 atom stereocenters. The molecule has 0 spiro atoms. The minimum absolute atomic E-state index is 0.644. The van der Waals surface area contributed by atoms with Crippen molar-refractivity contribution in [2.24, 2.45) is 11.8 Å². The van der Waals surface area contributed by atoms with E-state index >= 15 is 0 Å². The third kappa shape index (κ3) is 10.4. The number of nitrogens with one attached hydrogen (secondary N) is 1. The van der Waals surface area contributed by atoms with E-state index in [2.05, 4.69) is 32.3 Å². The molecule has 0 aromatic heterocycles. The number of rotatable bonds is 9. The monoisotopic (exact) mass is 219 g/mol. The number of ether oxygens (including phenoxy) is 1. The molecule has 0 radical (unpaired) electrons. The fourth-order valence-corrected chi connectivity index (χ4v) is 1.84. The molecular weight excluding hydrogens is 194 g/mol. The van der Waals surface area contributed by atoms with E-state index in [9.17, 15) is 0 Å². The van der Waals surface area contributed by atoms with Crippen LogP contribution in [0.25, 0.3) is 0 Å². The molecule has 0 aliphatic rings. The molecule has 86 valence electrons. The average molecular weight is 219 g/mol. The van der Waals surface area contributed by atoms with Crippen LogP contribution in [-0.2, 0) is 4.74 Å². The molecule has 0 saturated carbocycles. The van der Waals surface area contributed by atoms with Crippen LogP contribution in [0.1, 0.15) is 20.8 Å². The van der Waals surface area contributed by atoms with E-state index in [0.29, 0.717) is 5.92 Å². The van der Waals surface area contributed by atoms with Crippen LogP contribution in [0.3, 0.4) is 0 Å². The van der Waals surface area contributed by atoms with E-state index in [4.69, 9.17) is 4.74 Å². The molecule has 0 aliphatic heterocycles. The van der Waals surface area contributed by atoms with Crippen molar-refractivity contribution >= 4 is 11.8 Å². The Hall–Kier alpha value is 0.270. The molecule has 0 aliphatic carbocycles. The maximum absolute atomic E-state index is 5.47. The second-order valence-corrected chi connectivity index (χ2v) is 5.14. The summed E-state index contributed by atoms with van der Waals surface area (Å²) in [6.45, 7) is 10.4. The van der Waals surface area contributed by atoms with E-state index in [1.165, 1.54) is 5.75 Å². The molecule has 2 nitrogen and oxygen atoms in total. The zero-order chi connectivity index (χ0) is 10.8. The van der Waals surface area contributed by atoms with Gasteiger partial charge in [-0.3, -0.25) is 0 Å². The summed E-state index contributed by atoms with van der Waals surface area (Å²) in [5.41, 5.74) is 0. The Kier molecular flexibility index (Phi) is 10.0. The lowest BCUT2D eigenvalue weighted by Crippen LogP contribution is -2.26. The SMILES string of the molecule is CSCC(C)CNCCOCC(C)C. The molecule has 0 aromatic rings. The van der Waals surface area contributed by atoms with Crippen LogP contribution in [0.2, 0.25) is 0 Å². The highest BCUT2D eigenvalue weighted by molar-refractivity contribution is 7.98. The third-order valence-electron chi connectivity index (χ3n) is 1.82. The lowest BCUT2D eigenvalue weighted by Gasteiger charge is -2.11. The molecule has 0 aromatic carbocycles. The van der Waals surface area contributed by atoms with Crippen molar-refractivity contribution in [1.82, 2.24) is 5.32 Å². The first-order chi connectivity index (χ1) is 6.66. The Labute approximate surface area is 93.2 Å². The fourth-order valence-electron chi connectivity index (χ4n) is 1.16. The maximum Gasteiger partial charge on any atom is 0.0591 e. The smallest absolute Gasteiger partial charge is 0.0591 e. The van der Waals surface area contributed by atoms with Gasteiger partial charge in [0, 0.05) is 13.2 Å². The van der Waals surface area contributed by atoms with E-state index in [0.717, 1.165) is 32.2 Å². The van der Waals surface area contributed by atoms with Crippen LogP contribution in [-0.4, -0.2) is 38.3 Å². The highest BCUT2D eigenvalue weighted by Crippen LogP contribution is 2.02. The largest absolute Gasteiger partial charge is 0.380 e. The Morgan fingerprint density at radius 1 is 1.29 bits per heavy atom. The molecule has 14 heavy (non-hydrogen) atoms. The summed E-state index contributed by atoms with van der Waals surface area (Å²) in [6, 6.07) is 0. The van der Waals surface area contributed by atoms with Gasteiger partial charge in [0.05, 0.1) is 6.61 Å². The molecule has 1 N–H and O–H groups in total. The van der Waals surface area contributed by atoms with Gasteiger partial charge in [-0.25, -0.2) is 0 Å². The van der Waals surface area contributed by atoms with Crippen molar-refractivity contribution in [1.29, 1.82) is 0 Å². The Bertz CT molecular complexity index is 120. The van der Waals surface area contributed by atoms with Crippen LogP contribution in [0, 0.1) is 11.8 Å². The highest BCUT2D eigenvalue weighted by atomic mass is 32.2. The van der Waals surface area contributed by atoms with Gasteiger partial charge in [-0.1, -0.05) is 20.8 Å². The van der Waals surface area contributed by atoms with E-state index in [1.807, 2.05) is 11.8 Å². The van der Waals surface area contributed by atoms with Crippen molar-refractivity contribution in [2.75, 3.05) is 38.3 Å². The summed E-state index contributed by atoms with van der Waals surface area (Å²) >= 11 is 1.91. The Morgan fingerprint density at radius 2 is 2.00 bits per heavy atom. The van der Waals surface area contributed by atoms with Gasteiger partial charge in [0.1, 0.15) is 0 Å². The minimum Gasteiger partial charge on any atom is -0.380 e. The van der Waals surface area contributed by atoms with Crippen LogP contribution >= 0.6 is 11.8 Å². The second kappa shape index (κ2) is 9.81. The lowest BCUT2D eigenvalue weighted by molar-refractivity contribution is 0.111. The van der Waals surface area contributed by atoms with E-state index in [-0.39, 0.29) is 0 Å². The van der Waals surface area contributed by atoms with Crippen molar-refractivity contribution in [2.45, 2.75) is 20.8 Å². The first-order valence-corrected chi connectivity index (χ1v) is 6.83. The molecule has 3 heteroatoms. The third-order valence-corrected chi connectivity index (χ3v) is 2.72. The summed E-state index contributed by atoms with van der Waals surface area (Å²) in [7, 11) is 0. The number of hydrogen-bond donors (Lipinski definition) is 1. The van der Waals surface area contributed by atoms with Gasteiger partial charge in [-0.05, 0) is 30.4 Å². The quantitative estimate of drug-likeness (QED) is 0.601. The standard InChI is InChI=1S/C11H25NOS/c1-10(2)8-13-6-5-12-7-11(3)9-14-4/h10-12H,5-9H2,1-4H3. The maximum atomic E-state index is 5.47. The molecule has 0 amide bonds. The predicted octanol–water partition coefficient (Wildman–Crippen LogP) is 2.25. The molecule has 0 fully saturated rings. The molecule has 0 bridgehead atoms. The first kappa shape index (κ1) is 14.3. The summed E-state index contributed by atoms with van der Waals surface area (Å²) in [6.07, 6.45) is 2.16. The zero-order valence-electron chi connectivity index (χ0n) is 10.0. The van der Waals surface area contributed by atoms with Gasteiger partial charge in [-0.2, -0.15) is 11.8 Å². The molecular formula is C11H25NOS. The molecule has 0 rings (SSSR count). The highest BCUT2D eigenvalue weighted by Gasteiger charge is 1.99. The number of hydrogen-bond acceptors (Lipinski definition) is 3.